The zero-order valence-corrected chi connectivity index (χ0v) is 19.3. The Morgan fingerprint density at radius 3 is 2.61 bits per heavy atom. The van der Waals surface area contributed by atoms with Gasteiger partial charge in [0.2, 0.25) is 0 Å². The van der Waals surface area contributed by atoms with Gasteiger partial charge in [-0.05, 0) is 69.5 Å². The molecule has 1 N–H and O–H groups in total. The lowest BCUT2D eigenvalue weighted by molar-refractivity contribution is 0.0187. The number of piperidine rings is 1. The topological polar surface area (TPSA) is 94.3 Å². The Bertz CT molecular complexity index is 1090. The fourth-order valence-electron chi connectivity index (χ4n) is 3.93. The van der Waals surface area contributed by atoms with E-state index >= 15 is 0 Å². The first-order valence-corrected chi connectivity index (χ1v) is 11.2. The molecule has 1 aliphatic heterocycles. The maximum absolute atomic E-state index is 12.9. The number of carbonyl (C=O) groups excluding carboxylic acids is 2. The smallest absolute Gasteiger partial charge is 0.410 e. The van der Waals surface area contributed by atoms with Crippen molar-refractivity contribution in [1.82, 2.24) is 29.5 Å². The molecule has 4 rings (SSSR count). The van der Waals surface area contributed by atoms with Crippen LogP contribution in [0.4, 0.5) is 4.79 Å². The molecule has 1 fully saturated rings. The Morgan fingerprint density at radius 2 is 1.91 bits per heavy atom. The number of nitrogens with one attached hydrogen (secondary N) is 1. The van der Waals surface area contributed by atoms with Gasteiger partial charge in [-0.3, -0.25) is 4.79 Å². The van der Waals surface area contributed by atoms with Crippen LogP contribution in [0.15, 0.2) is 55.1 Å². The molecule has 3 aromatic heterocycles. The first kappa shape index (κ1) is 22.6. The van der Waals surface area contributed by atoms with E-state index in [-0.39, 0.29) is 18.0 Å². The van der Waals surface area contributed by atoms with Crippen LogP contribution in [0.1, 0.15) is 55.7 Å². The average Bonchev–Trinajstić information content (AvgIpc) is 3.49. The zero-order valence-electron chi connectivity index (χ0n) is 19.3. The van der Waals surface area contributed by atoms with Gasteiger partial charge in [0.1, 0.15) is 11.3 Å². The molecule has 4 heterocycles. The van der Waals surface area contributed by atoms with Crippen LogP contribution < -0.4 is 5.32 Å². The summed E-state index contributed by atoms with van der Waals surface area (Å²) >= 11 is 0. The van der Waals surface area contributed by atoms with Gasteiger partial charge in [0.05, 0.1) is 0 Å². The lowest BCUT2D eigenvalue weighted by atomic mass is 10.0. The molecule has 33 heavy (non-hydrogen) atoms. The summed E-state index contributed by atoms with van der Waals surface area (Å²) in [6.07, 6.45) is 8.43. The number of pyridine rings is 1. The van der Waals surface area contributed by atoms with Gasteiger partial charge in [-0.1, -0.05) is 0 Å². The third kappa shape index (κ3) is 5.60. The highest BCUT2D eigenvalue weighted by Crippen LogP contribution is 2.26. The van der Waals surface area contributed by atoms with E-state index in [9.17, 15) is 9.59 Å². The van der Waals surface area contributed by atoms with Crippen LogP contribution in [0, 0.1) is 0 Å². The summed E-state index contributed by atoms with van der Waals surface area (Å²) in [6, 6.07) is 9.49. The number of hydrogen-bond donors (Lipinski definition) is 1. The highest BCUT2D eigenvalue weighted by atomic mass is 16.6. The molecule has 0 spiro atoms. The molecule has 0 radical (unpaired) electrons. The van der Waals surface area contributed by atoms with Crippen molar-refractivity contribution in [3.63, 3.8) is 0 Å². The molecule has 1 saturated heterocycles. The third-order valence-electron chi connectivity index (χ3n) is 5.52. The highest BCUT2D eigenvalue weighted by Gasteiger charge is 2.28. The van der Waals surface area contributed by atoms with Crippen molar-refractivity contribution in [2.24, 2.45) is 0 Å². The summed E-state index contributed by atoms with van der Waals surface area (Å²) in [5, 5.41) is 7.20. The van der Waals surface area contributed by atoms with Gasteiger partial charge in [0.25, 0.3) is 5.91 Å². The summed E-state index contributed by atoms with van der Waals surface area (Å²) in [5.74, 6) is 0.568. The Hall–Kier alpha value is -3.62. The summed E-state index contributed by atoms with van der Waals surface area (Å²) in [7, 11) is 0. The molecule has 0 saturated carbocycles. The van der Waals surface area contributed by atoms with E-state index in [0.29, 0.717) is 31.1 Å². The summed E-state index contributed by atoms with van der Waals surface area (Å²) in [5.41, 5.74) is 1.05. The average molecular weight is 451 g/mol. The van der Waals surface area contributed by atoms with Gasteiger partial charge in [-0.2, -0.15) is 5.10 Å². The second-order valence-electron chi connectivity index (χ2n) is 9.15. The van der Waals surface area contributed by atoms with Gasteiger partial charge < -0.3 is 19.5 Å². The number of nitrogens with zero attached hydrogens (tertiary/aromatic N) is 5. The van der Waals surface area contributed by atoms with Gasteiger partial charge in [0.15, 0.2) is 5.82 Å². The van der Waals surface area contributed by atoms with Crippen molar-refractivity contribution < 1.29 is 14.3 Å². The summed E-state index contributed by atoms with van der Waals surface area (Å²) in [4.78, 5) is 31.3. The number of ether oxygens (including phenoxy) is 1. The van der Waals surface area contributed by atoms with E-state index in [2.05, 4.69) is 15.4 Å². The minimum absolute atomic E-state index is 0.132. The number of amides is 2. The second kappa shape index (κ2) is 9.48. The van der Waals surface area contributed by atoms with E-state index in [1.807, 2.05) is 68.1 Å². The first-order chi connectivity index (χ1) is 15.8. The molecular formula is C24H30N6O3. The first-order valence-electron chi connectivity index (χ1n) is 11.2. The Balaban J connectivity index is 1.35. The molecule has 174 valence electrons. The largest absolute Gasteiger partial charge is 0.444 e. The molecule has 0 aromatic carbocycles. The van der Waals surface area contributed by atoms with Crippen LogP contribution in [-0.4, -0.2) is 54.9 Å². The van der Waals surface area contributed by atoms with E-state index in [1.165, 1.54) is 0 Å². The van der Waals surface area contributed by atoms with E-state index < -0.39 is 5.60 Å². The maximum atomic E-state index is 12.9. The van der Waals surface area contributed by atoms with Crippen molar-refractivity contribution in [3.05, 3.63) is 66.4 Å². The van der Waals surface area contributed by atoms with Crippen LogP contribution in [0.3, 0.4) is 0 Å². The van der Waals surface area contributed by atoms with Gasteiger partial charge in [-0.25, -0.2) is 14.5 Å². The van der Waals surface area contributed by atoms with Crippen LogP contribution in [-0.2, 0) is 11.3 Å². The lowest BCUT2D eigenvalue weighted by Crippen LogP contribution is -2.42. The predicted octanol–water partition coefficient (Wildman–Crippen LogP) is 3.57. The molecule has 2 amide bonds. The lowest BCUT2D eigenvalue weighted by Gasteiger charge is -2.34. The van der Waals surface area contributed by atoms with Gasteiger partial charge in [0, 0.05) is 50.5 Å². The summed E-state index contributed by atoms with van der Waals surface area (Å²) in [6.45, 7) is 7.20. The number of hydrogen-bond acceptors (Lipinski definition) is 5. The SMILES string of the molecule is CC(C)(C)OC(=O)N1CCC(n2cccc2C(=O)NCc2ccnc(-n3cccn3)c2)CC1. The standard InChI is InChI=1S/C24H30N6O3/c1-24(2,3)33-23(32)28-14-8-19(9-15-28)29-12-4-6-20(29)22(31)26-17-18-7-11-25-21(16-18)30-13-5-10-27-30/h4-7,10-13,16,19H,8-9,14-15,17H2,1-3H3,(H,26,31). The van der Waals surface area contributed by atoms with Crippen molar-refractivity contribution in [2.45, 2.75) is 51.8 Å². The Morgan fingerprint density at radius 1 is 1.12 bits per heavy atom. The van der Waals surface area contributed by atoms with Crippen LogP contribution in [0.25, 0.3) is 5.82 Å². The minimum atomic E-state index is -0.506. The number of likely N-dealkylation sites (tertiary alicyclic amines) is 1. The molecule has 1 aliphatic rings. The van der Waals surface area contributed by atoms with Gasteiger partial charge in [-0.15, -0.1) is 0 Å². The molecule has 0 unspecified atom stereocenters. The molecule has 0 aliphatic carbocycles. The Labute approximate surface area is 193 Å². The Kier molecular flexibility index (Phi) is 6.48. The highest BCUT2D eigenvalue weighted by molar-refractivity contribution is 5.92. The van der Waals surface area contributed by atoms with Crippen molar-refractivity contribution in [2.75, 3.05) is 13.1 Å². The van der Waals surface area contributed by atoms with Crippen LogP contribution in [0.5, 0.6) is 0 Å². The quantitative estimate of drug-likeness (QED) is 0.641. The minimum Gasteiger partial charge on any atom is -0.444 e. The monoisotopic (exact) mass is 450 g/mol. The number of aromatic nitrogens is 4. The van der Waals surface area contributed by atoms with Crippen LogP contribution in [0.2, 0.25) is 0 Å². The van der Waals surface area contributed by atoms with Crippen molar-refractivity contribution >= 4 is 12.0 Å². The van der Waals surface area contributed by atoms with Crippen LogP contribution >= 0.6 is 0 Å². The fourth-order valence-corrected chi connectivity index (χ4v) is 3.93. The number of rotatable bonds is 5. The zero-order chi connectivity index (χ0) is 23.4. The summed E-state index contributed by atoms with van der Waals surface area (Å²) < 4.78 is 9.18. The van der Waals surface area contributed by atoms with Crippen molar-refractivity contribution in [3.8, 4) is 5.82 Å². The normalized spacial score (nSPS) is 14.8. The second-order valence-corrected chi connectivity index (χ2v) is 9.15. The van der Waals surface area contributed by atoms with Gasteiger partial charge >= 0.3 is 6.09 Å². The third-order valence-corrected chi connectivity index (χ3v) is 5.52. The van der Waals surface area contributed by atoms with E-state index in [0.717, 1.165) is 18.4 Å². The molecule has 9 nitrogen and oxygen atoms in total. The molecule has 0 bridgehead atoms. The molecule has 3 aromatic rings. The predicted molar refractivity (Wildman–Crippen MR) is 123 cm³/mol. The maximum Gasteiger partial charge on any atom is 0.410 e. The van der Waals surface area contributed by atoms with Crippen molar-refractivity contribution in [1.29, 1.82) is 0 Å². The fraction of sp³-hybridized carbons (Fsp3) is 0.417. The molecule has 9 heteroatoms. The number of carbonyl (C=O) groups is 2. The molecular weight excluding hydrogens is 420 g/mol. The van der Waals surface area contributed by atoms with E-state index in [1.54, 1.807) is 22.0 Å². The van der Waals surface area contributed by atoms with E-state index in [4.69, 9.17) is 4.74 Å². The molecule has 0 atom stereocenters.